The number of benzene rings is 9. The van der Waals surface area contributed by atoms with Crippen molar-refractivity contribution in [1.29, 1.82) is 0 Å². The van der Waals surface area contributed by atoms with Gasteiger partial charge in [-0.1, -0.05) is 182 Å². The van der Waals surface area contributed by atoms with Crippen molar-refractivity contribution in [2.45, 2.75) is 0 Å². The third kappa shape index (κ3) is 5.92. The summed E-state index contributed by atoms with van der Waals surface area (Å²) >= 11 is 0. The van der Waals surface area contributed by atoms with Crippen LogP contribution in [0.1, 0.15) is 0 Å². The molecule has 0 radical (unpaired) electrons. The summed E-state index contributed by atoms with van der Waals surface area (Å²) in [5, 5.41) is 4.90. The zero-order valence-corrected chi connectivity index (χ0v) is 33.7. The van der Waals surface area contributed by atoms with E-state index in [0.717, 1.165) is 56.1 Å². The van der Waals surface area contributed by atoms with Crippen molar-refractivity contribution in [1.82, 2.24) is 19.1 Å². The summed E-state index contributed by atoms with van der Waals surface area (Å²) in [5.74, 6) is 0.703. The van der Waals surface area contributed by atoms with Crippen LogP contribution < -0.4 is 0 Å². The van der Waals surface area contributed by atoms with Gasteiger partial charge in [-0.15, -0.1) is 0 Å². The van der Waals surface area contributed by atoms with Crippen molar-refractivity contribution in [2.75, 3.05) is 0 Å². The minimum atomic E-state index is 0.703. The van der Waals surface area contributed by atoms with E-state index in [9.17, 15) is 0 Å². The van der Waals surface area contributed by atoms with Crippen LogP contribution in [0.25, 0.3) is 111 Å². The predicted octanol–water partition coefficient (Wildman–Crippen LogP) is 15.0. The molecule has 3 heterocycles. The van der Waals surface area contributed by atoms with Gasteiger partial charge in [0.05, 0.1) is 39.1 Å². The van der Waals surface area contributed by atoms with Crippen molar-refractivity contribution in [3.05, 3.63) is 231 Å². The monoisotopic (exact) mass is 790 g/mol. The first-order valence-electron chi connectivity index (χ1n) is 21.1. The average Bonchev–Trinajstić information content (AvgIpc) is 3.87. The van der Waals surface area contributed by atoms with E-state index in [4.69, 9.17) is 9.97 Å². The highest BCUT2D eigenvalue weighted by molar-refractivity contribution is 6.15. The maximum atomic E-state index is 5.07. The molecule has 0 atom stereocenters. The summed E-state index contributed by atoms with van der Waals surface area (Å²) < 4.78 is 4.87. The molecule has 0 amide bonds. The average molecular weight is 791 g/mol. The minimum Gasteiger partial charge on any atom is -0.309 e. The Morgan fingerprint density at radius 2 is 0.790 bits per heavy atom. The van der Waals surface area contributed by atoms with E-state index in [0.29, 0.717) is 5.82 Å². The normalized spacial score (nSPS) is 11.5. The van der Waals surface area contributed by atoms with Gasteiger partial charge in [-0.05, 0) is 59.7 Å². The number of hydrogen-bond donors (Lipinski definition) is 0. The van der Waals surface area contributed by atoms with Crippen molar-refractivity contribution >= 4 is 43.6 Å². The molecule has 0 fully saturated rings. The molecule has 62 heavy (non-hydrogen) atoms. The first-order chi connectivity index (χ1) is 30.8. The molecule has 0 aliphatic rings. The number of nitrogens with zero attached hydrogens (tertiary/aromatic N) is 4. The number of hydrogen-bond acceptors (Lipinski definition) is 2. The van der Waals surface area contributed by atoms with Gasteiger partial charge >= 0.3 is 0 Å². The molecule has 12 rings (SSSR count). The quantitative estimate of drug-likeness (QED) is 0.161. The standard InChI is InChI=1S/C58H38N4/c1-4-17-40(18-5-1)51-38-52(41-19-6-2-7-20-41)60-58(59-51)42-33-31-39(32-34-42)43-35-36-56-50(37-43)47-25-12-15-30-55(47)62(56)54-29-14-11-24-46(54)49-27-16-26-48-45-23-10-13-28-53(45)61(57(48)49)44-21-8-3-9-22-44/h1-38H. The zero-order chi connectivity index (χ0) is 41.0. The molecule has 4 heteroatoms. The minimum absolute atomic E-state index is 0.703. The van der Waals surface area contributed by atoms with E-state index in [2.05, 4.69) is 228 Å². The SMILES string of the molecule is c1ccc(-c2cc(-c3ccccc3)nc(-c3ccc(-c4ccc5c(c4)c4ccccc4n5-c4ccccc4-c4cccc5c6ccccc6n(-c6ccccc6)c45)cc3)n2)cc1. The van der Waals surface area contributed by atoms with Gasteiger partial charge in [-0.3, -0.25) is 0 Å². The van der Waals surface area contributed by atoms with Crippen LogP contribution in [0, 0.1) is 0 Å². The highest BCUT2D eigenvalue weighted by atomic mass is 15.0. The van der Waals surface area contributed by atoms with E-state index in [1.54, 1.807) is 0 Å². The fourth-order valence-electron chi connectivity index (χ4n) is 9.29. The molecule has 0 bridgehead atoms. The van der Waals surface area contributed by atoms with Crippen molar-refractivity contribution in [2.24, 2.45) is 0 Å². The molecular weight excluding hydrogens is 753 g/mol. The highest BCUT2D eigenvalue weighted by Gasteiger charge is 2.21. The summed E-state index contributed by atoms with van der Waals surface area (Å²) in [4.78, 5) is 10.1. The molecule has 0 N–H and O–H groups in total. The summed E-state index contributed by atoms with van der Waals surface area (Å²) in [6, 6.07) is 82.2. The summed E-state index contributed by atoms with van der Waals surface area (Å²) in [6.07, 6.45) is 0. The molecule has 0 unspecified atom stereocenters. The van der Waals surface area contributed by atoms with Gasteiger partial charge in [0, 0.05) is 55.0 Å². The molecule has 0 aliphatic carbocycles. The van der Waals surface area contributed by atoms with Crippen LogP contribution in [-0.4, -0.2) is 19.1 Å². The van der Waals surface area contributed by atoms with Gasteiger partial charge in [0.2, 0.25) is 0 Å². The van der Waals surface area contributed by atoms with Crippen LogP contribution in [0.15, 0.2) is 231 Å². The second kappa shape index (κ2) is 14.7. The van der Waals surface area contributed by atoms with E-state index in [-0.39, 0.29) is 0 Å². The van der Waals surface area contributed by atoms with Crippen LogP contribution >= 0.6 is 0 Å². The fraction of sp³-hybridized carbons (Fsp3) is 0. The Bertz CT molecular complexity index is 3550. The fourth-order valence-corrected chi connectivity index (χ4v) is 9.29. The molecular formula is C58H38N4. The molecule has 0 saturated heterocycles. The van der Waals surface area contributed by atoms with Crippen molar-refractivity contribution < 1.29 is 0 Å². The molecule has 9 aromatic carbocycles. The van der Waals surface area contributed by atoms with Gasteiger partial charge in [0.1, 0.15) is 0 Å². The largest absolute Gasteiger partial charge is 0.309 e. The summed E-state index contributed by atoms with van der Waals surface area (Å²) in [7, 11) is 0. The number of aromatic nitrogens is 4. The van der Waals surface area contributed by atoms with E-state index >= 15 is 0 Å². The predicted molar refractivity (Wildman–Crippen MR) is 258 cm³/mol. The highest BCUT2D eigenvalue weighted by Crippen LogP contribution is 2.42. The Labute approximate surface area is 359 Å². The van der Waals surface area contributed by atoms with Crippen molar-refractivity contribution in [3.63, 3.8) is 0 Å². The first-order valence-corrected chi connectivity index (χ1v) is 21.1. The second-order valence-electron chi connectivity index (χ2n) is 15.8. The Kier molecular flexibility index (Phi) is 8.46. The lowest BCUT2D eigenvalue weighted by molar-refractivity contribution is 1.17. The Morgan fingerprint density at radius 3 is 1.48 bits per heavy atom. The van der Waals surface area contributed by atoms with Gasteiger partial charge in [0.25, 0.3) is 0 Å². The van der Waals surface area contributed by atoms with Crippen LogP contribution in [0.5, 0.6) is 0 Å². The Balaban J connectivity index is 0.982. The van der Waals surface area contributed by atoms with Crippen LogP contribution in [0.2, 0.25) is 0 Å². The zero-order valence-electron chi connectivity index (χ0n) is 33.7. The Morgan fingerprint density at radius 1 is 0.290 bits per heavy atom. The first kappa shape index (κ1) is 35.6. The van der Waals surface area contributed by atoms with Crippen LogP contribution in [0.4, 0.5) is 0 Å². The molecule has 0 spiro atoms. The number of para-hydroxylation sites is 5. The topological polar surface area (TPSA) is 35.6 Å². The van der Waals surface area contributed by atoms with Gasteiger partial charge < -0.3 is 9.13 Å². The maximum absolute atomic E-state index is 5.07. The lowest BCUT2D eigenvalue weighted by Crippen LogP contribution is -1.99. The van der Waals surface area contributed by atoms with E-state index < -0.39 is 0 Å². The molecule has 0 saturated carbocycles. The van der Waals surface area contributed by atoms with Gasteiger partial charge in [0.15, 0.2) is 5.82 Å². The molecule has 12 aromatic rings. The Hall–Kier alpha value is -8.34. The molecule has 4 nitrogen and oxygen atoms in total. The van der Waals surface area contributed by atoms with E-state index in [1.165, 1.54) is 49.2 Å². The third-order valence-electron chi connectivity index (χ3n) is 12.2. The molecule has 0 aliphatic heterocycles. The van der Waals surface area contributed by atoms with Crippen LogP contribution in [-0.2, 0) is 0 Å². The van der Waals surface area contributed by atoms with Gasteiger partial charge in [-0.2, -0.15) is 0 Å². The summed E-state index contributed by atoms with van der Waals surface area (Å²) in [5.41, 5.74) is 16.6. The smallest absolute Gasteiger partial charge is 0.160 e. The van der Waals surface area contributed by atoms with E-state index in [1.807, 2.05) is 12.1 Å². The molecule has 3 aromatic heterocycles. The third-order valence-corrected chi connectivity index (χ3v) is 12.2. The van der Waals surface area contributed by atoms with Gasteiger partial charge in [-0.25, -0.2) is 9.97 Å². The second-order valence-corrected chi connectivity index (χ2v) is 15.8. The number of rotatable bonds is 7. The van der Waals surface area contributed by atoms with Crippen LogP contribution in [0.3, 0.4) is 0 Å². The molecule has 290 valence electrons. The number of fused-ring (bicyclic) bond motifs is 6. The maximum Gasteiger partial charge on any atom is 0.160 e. The van der Waals surface area contributed by atoms with Crippen molar-refractivity contribution in [3.8, 4) is 67.5 Å². The summed E-state index contributed by atoms with van der Waals surface area (Å²) in [6.45, 7) is 0. The lowest BCUT2D eigenvalue weighted by Gasteiger charge is -2.17. The lowest BCUT2D eigenvalue weighted by atomic mass is 9.99.